The van der Waals surface area contributed by atoms with Crippen molar-refractivity contribution >= 4 is 41.2 Å². The summed E-state index contributed by atoms with van der Waals surface area (Å²) in [7, 11) is 1.38. The summed E-state index contributed by atoms with van der Waals surface area (Å²) in [4.78, 5) is 36.7. The molecule has 0 aliphatic carbocycles. The van der Waals surface area contributed by atoms with Crippen molar-refractivity contribution in [3.05, 3.63) is 42.0 Å². The lowest BCUT2D eigenvalue weighted by molar-refractivity contribution is -0.312. The summed E-state index contributed by atoms with van der Waals surface area (Å²) < 4.78 is 10.4. The zero-order valence-electron chi connectivity index (χ0n) is 14.7. The maximum Gasteiger partial charge on any atom is 0.265 e. The number of nitrogens with zero attached hydrogens (tertiary/aromatic N) is 1. The van der Waals surface area contributed by atoms with E-state index in [0.717, 1.165) is 0 Å². The van der Waals surface area contributed by atoms with Crippen LogP contribution in [0.4, 0.5) is 0 Å². The van der Waals surface area contributed by atoms with Crippen LogP contribution in [0.15, 0.2) is 36.4 Å². The molecule has 0 saturated carbocycles. The molecule has 2 amide bonds. The van der Waals surface area contributed by atoms with Crippen LogP contribution < -0.4 is 19.9 Å². The van der Waals surface area contributed by atoms with Gasteiger partial charge < -0.3 is 19.4 Å². The van der Waals surface area contributed by atoms with Crippen molar-refractivity contribution in [3.63, 3.8) is 0 Å². The van der Waals surface area contributed by atoms with Crippen molar-refractivity contribution in [2.24, 2.45) is 0 Å². The van der Waals surface area contributed by atoms with Gasteiger partial charge in [0.05, 0.1) is 13.1 Å². The first-order valence-corrected chi connectivity index (χ1v) is 8.24. The van der Waals surface area contributed by atoms with Crippen molar-refractivity contribution < 1.29 is 29.0 Å². The molecule has 1 aromatic carbocycles. The number of carbonyl (C=O) groups excluding carboxylic acids is 3. The maximum atomic E-state index is 12.5. The van der Waals surface area contributed by atoms with Crippen molar-refractivity contribution in [1.82, 2.24) is 10.2 Å². The van der Waals surface area contributed by atoms with Gasteiger partial charge in [0.1, 0.15) is 11.7 Å². The molecule has 0 bridgehead atoms. The fraction of sp³-hybridized carbons (Fsp3) is 0.222. The van der Waals surface area contributed by atoms with Crippen LogP contribution in [0.3, 0.4) is 0 Å². The molecule has 8 nitrogen and oxygen atoms in total. The minimum absolute atomic E-state index is 0.0136. The number of carboxylic acids is 1. The molecule has 2 rings (SSSR count). The van der Waals surface area contributed by atoms with E-state index in [1.807, 2.05) is 0 Å². The topological polar surface area (TPSA) is 108 Å². The summed E-state index contributed by atoms with van der Waals surface area (Å²) in [5.74, 6) is -2.11. The average Bonchev–Trinajstić information content (AvgIpc) is 2.63. The van der Waals surface area contributed by atoms with Gasteiger partial charge in [-0.2, -0.15) is 0 Å². The molecular weight excluding hydrogens is 372 g/mol. The van der Waals surface area contributed by atoms with Gasteiger partial charge in [0.15, 0.2) is 16.6 Å². The quantitative estimate of drug-likeness (QED) is 0.303. The fourth-order valence-corrected chi connectivity index (χ4v) is 2.52. The van der Waals surface area contributed by atoms with Crippen LogP contribution in [0.25, 0.3) is 6.08 Å². The molecule has 1 N–H and O–H groups in total. The van der Waals surface area contributed by atoms with Crippen molar-refractivity contribution in [2.45, 2.75) is 13.0 Å². The van der Waals surface area contributed by atoms with Gasteiger partial charge in [-0.15, -0.1) is 6.58 Å². The Kier molecular flexibility index (Phi) is 6.30. The first-order chi connectivity index (χ1) is 12.8. The summed E-state index contributed by atoms with van der Waals surface area (Å²) in [5, 5.41) is 13.3. The number of thiocarbonyl (C=S) groups is 1. The molecule has 1 fully saturated rings. The Hall–Kier alpha value is -3.20. The van der Waals surface area contributed by atoms with Crippen molar-refractivity contribution in [2.75, 3.05) is 13.7 Å². The number of nitrogens with one attached hydrogen (secondary N) is 1. The van der Waals surface area contributed by atoms with E-state index >= 15 is 0 Å². The van der Waals surface area contributed by atoms with Crippen molar-refractivity contribution in [1.29, 1.82) is 0 Å². The SMILES string of the molecule is C=CCN1C(=O)/C(=C\c2ccc(O[C@@H](C)C(=O)[O-])c(OC)c2)C(=O)NC1=S. The van der Waals surface area contributed by atoms with Gasteiger partial charge in [0.25, 0.3) is 11.8 Å². The summed E-state index contributed by atoms with van der Waals surface area (Å²) in [6.07, 6.45) is 1.69. The zero-order valence-corrected chi connectivity index (χ0v) is 15.5. The van der Waals surface area contributed by atoms with Crippen LogP contribution >= 0.6 is 12.2 Å². The van der Waals surface area contributed by atoms with Gasteiger partial charge >= 0.3 is 0 Å². The Balaban J connectivity index is 2.35. The Bertz CT molecular complexity index is 848. The minimum atomic E-state index is -1.37. The number of carbonyl (C=O) groups is 3. The molecule has 0 unspecified atom stereocenters. The highest BCUT2D eigenvalue weighted by atomic mass is 32.1. The number of ether oxygens (including phenoxy) is 2. The molecular formula is C18H17N2O6S-. The fourth-order valence-electron chi connectivity index (χ4n) is 2.27. The van der Waals surface area contributed by atoms with Crippen LogP contribution in [0.2, 0.25) is 0 Å². The summed E-state index contributed by atoms with van der Waals surface area (Å²) >= 11 is 4.99. The highest BCUT2D eigenvalue weighted by molar-refractivity contribution is 7.80. The number of benzene rings is 1. The predicted molar refractivity (Wildman–Crippen MR) is 98.7 cm³/mol. The molecule has 27 heavy (non-hydrogen) atoms. The summed E-state index contributed by atoms with van der Waals surface area (Å²) in [6, 6.07) is 4.54. The molecule has 142 valence electrons. The molecule has 0 radical (unpaired) electrons. The molecule has 9 heteroatoms. The number of methoxy groups -OCH3 is 1. The third kappa shape index (κ3) is 4.50. The third-order valence-electron chi connectivity index (χ3n) is 3.63. The smallest absolute Gasteiger partial charge is 0.265 e. The van der Waals surface area contributed by atoms with Gasteiger partial charge in [-0.05, 0) is 42.9 Å². The highest BCUT2D eigenvalue weighted by Gasteiger charge is 2.32. The second-order valence-corrected chi connectivity index (χ2v) is 5.90. The molecule has 1 atom stereocenters. The number of carboxylic acid groups (broad SMARTS) is 1. The molecule has 1 saturated heterocycles. The molecule has 1 heterocycles. The lowest BCUT2D eigenvalue weighted by Crippen LogP contribution is -2.53. The third-order valence-corrected chi connectivity index (χ3v) is 3.95. The normalized spacial score (nSPS) is 16.7. The zero-order chi connectivity index (χ0) is 20.1. The standard InChI is InChI=1S/C18H18N2O6S/c1-4-7-20-16(22)12(15(21)19-18(20)27)8-11-5-6-13(14(9-11)25-3)26-10(2)17(23)24/h4-6,8-10H,1,7H2,2-3H3,(H,23,24)(H,19,21,27)/p-1/b12-8-/t10-/m0/s1. The molecule has 0 spiro atoms. The van der Waals surface area contributed by atoms with Crippen LogP contribution in [0.1, 0.15) is 12.5 Å². The van der Waals surface area contributed by atoms with Gasteiger partial charge in [-0.1, -0.05) is 12.1 Å². The number of aliphatic carboxylic acids is 1. The van der Waals surface area contributed by atoms with Crippen LogP contribution in [0.5, 0.6) is 11.5 Å². The molecule has 1 aromatic rings. The van der Waals surface area contributed by atoms with Gasteiger partial charge in [0, 0.05) is 6.54 Å². The van der Waals surface area contributed by atoms with E-state index in [4.69, 9.17) is 21.7 Å². The number of hydrogen-bond acceptors (Lipinski definition) is 7. The van der Waals surface area contributed by atoms with E-state index in [2.05, 4.69) is 11.9 Å². The summed E-state index contributed by atoms with van der Waals surface area (Å²) in [6.45, 7) is 5.04. The van der Waals surface area contributed by atoms with Gasteiger partial charge in [0.2, 0.25) is 0 Å². The Morgan fingerprint density at radius 2 is 2.11 bits per heavy atom. The minimum Gasteiger partial charge on any atom is -0.546 e. The van der Waals surface area contributed by atoms with Gasteiger partial charge in [-0.25, -0.2) is 0 Å². The number of amides is 2. The Morgan fingerprint density at radius 3 is 2.70 bits per heavy atom. The predicted octanol–water partition coefficient (Wildman–Crippen LogP) is 0.0251. The maximum absolute atomic E-state index is 12.5. The Labute approximate surface area is 161 Å². The monoisotopic (exact) mass is 389 g/mol. The van der Waals surface area contributed by atoms with E-state index in [9.17, 15) is 19.5 Å². The van der Waals surface area contributed by atoms with E-state index in [0.29, 0.717) is 5.56 Å². The lowest BCUT2D eigenvalue weighted by atomic mass is 10.1. The Morgan fingerprint density at radius 1 is 1.41 bits per heavy atom. The van der Waals surface area contributed by atoms with Crippen LogP contribution in [0, 0.1) is 0 Å². The number of hydrogen-bond donors (Lipinski definition) is 1. The first-order valence-electron chi connectivity index (χ1n) is 7.83. The van der Waals surface area contributed by atoms with Crippen molar-refractivity contribution in [3.8, 4) is 11.5 Å². The molecule has 0 aromatic heterocycles. The average molecular weight is 389 g/mol. The lowest BCUT2D eigenvalue weighted by Gasteiger charge is -2.27. The molecule has 1 aliphatic heterocycles. The van der Waals surface area contributed by atoms with Crippen LogP contribution in [-0.4, -0.2) is 47.6 Å². The first kappa shape index (κ1) is 20.1. The highest BCUT2D eigenvalue weighted by Crippen LogP contribution is 2.30. The molecule has 1 aliphatic rings. The van der Waals surface area contributed by atoms with E-state index in [-0.39, 0.29) is 28.7 Å². The van der Waals surface area contributed by atoms with Crippen LogP contribution in [-0.2, 0) is 14.4 Å². The van der Waals surface area contributed by atoms with Gasteiger partial charge in [-0.3, -0.25) is 19.8 Å². The van der Waals surface area contributed by atoms with E-state index in [1.54, 1.807) is 6.07 Å². The summed E-state index contributed by atoms with van der Waals surface area (Å²) in [5.41, 5.74) is 0.370. The van der Waals surface area contributed by atoms with E-state index in [1.165, 1.54) is 43.2 Å². The number of rotatable bonds is 7. The second kappa shape index (κ2) is 8.45. The van der Waals surface area contributed by atoms with E-state index < -0.39 is 23.9 Å². The largest absolute Gasteiger partial charge is 0.546 e. The second-order valence-electron chi connectivity index (χ2n) is 5.51.